The van der Waals surface area contributed by atoms with Crippen molar-refractivity contribution in [1.82, 2.24) is 4.98 Å². The molecule has 0 saturated heterocycles. The first-order valence-corrected chi connectivity index (χ1v) is 3.70. The summed E-state index contributed by atoms with van der Waals surface area (Å²) in [5.41, 5.74) is 6.51. The largest absolute Gasteiger partial charge is 0.361 e. The Bertz CT molecular complexity index is 230. The zero-order valence-electron chi connectivity index (χ0n) is 6.76. The maximum Gasteiger partial charge on any atom is 0.140 e. The molecular weight excluding hydrogens is 143 g/mol. The van der Waals surface area contributed by atoms with Gasteiger partial charge in [-0.05, 0) is 12.0 Å². The number of nitrogens with two attached hydrogens (primary N) is 1. The Morgan fingerprint density at radius 3 is 2.55 bits per heavy atom. The molecular formula is C8H13FN2. The number of hydrogen-bond donors (Lipinski definition) is 2. The molecule has 0 aliphatic carbocycles. The summed E-state index contributed by atoms with van der Waals surface area (Å²) in [7, 11) is 0. The summed E-state index contributed by atoms with van der Waals surface area (Å²) in [6.07, 6.45) is 1.32. The van der Waals surface area contributed by atoms with Gasteiger partial charge in [0.2, 0.25) is 0 Å². The molecule has 0 fully saturated rings. The Morgan fingerprint density at radius 1 is 1.55 bits per heavy atom. The van der Waals surface area contributed by atoms with Crippen molar-refractivity contribution in [3.05, 3.63) is 23.8 Å². The Labute approximate surface area is 65.6 Å². The maximum absolute atomic E-state index is 12.5. The highest BCUT2D eigenvalue weighted by Gasteiger charge is 2.11. The molecule has 1 aromatic rings. The second kappa shape index (κ2) is 3.05. The average molecular weight is 156 g/mol. The highest BCUT2D eigenvalue weighted by Crippen LogP contribution is 2.17. The van der Waals surface area contributed by atoms with E-state index in [0.717, 1.165) is 5.69 Å². The van der Waals surface area contributed by atoms with E-state index in [1.54, 1.807) is 0 Å². The Morgan fingerprint density at radius 2 is 2.18 bits per heavy atom. The van der Waals surface area contributed by atoms with Crippen LogP contribution in [0.3, 0.4) is 0 Å². The van der Waals surface area contributed by atoms with Crippen LogP contribution in [0, 0.1) is 11.7 Å². The zero-order valence-corrected chi connectivity index (χ0v) is 6.76. The molecule has 0 unspecified atom stereocenters. The number of aromatic nitrogens is 1. The van der Waals surface area contributed by atoms with E-state index >= 15 is 0 Å². The van der Waals surface area contributed by atoms with Crippen LogP contribution in [0.25, 0.3) is 0 Å². The number of H-pyrrole nitrogens is 1. The fourth-order valence-corrected chi connectivity index (χ4v) is 0.936. The van der Waals surface area contributed by atoms with E-state index in [0.29, 0.717) is 5.92 Å². The van der Waals surface area contributed by atoms with Crippen LogP contribution in [-0.4, -0.2) is 4.98 Å². The molecule has 0 aliphatic heterocycles. The Kier molecular flexibility index (Phi) is 2.29. The number of rotatable bonds is 2. The molecule has 0 spiro atoms. The minimum atomic E-state index is -0.254. The van der Waals surface area contributed by atoms with Gasteiger partial charge in [0.05, 0.1) is 0 Å². The van der Waals surface area contributed by atoms with Crippen LogP contribution >= 0.6 is 0 Å². The zero-order chi connectivity index (χ0) is 8.43. The molecule has 3 heteroatoms. The lowest BCUT2D eigenvalue weighted by Gasteiger charge is -2.12. The van der Waals surface area contributed by atoms with Crippen molar-refractivity contribution in [2.24, 2.45) is 11.7 Å². The molecule has 0 aliphatic rings. The monoisotopic (exact) mass is 156 g/mol. The molecule has 1 atom stereocenters. The van der Waals surface area contributed by atoms with E-state index in [9.17, 15) is 4.39 Å². The van der Waals surface area contributed by atoms with Gasteiger partial charge in [0, 0.05) is 17.9 Å². The van der Waals surface area contributed by atoms with Gasteiger partial charge in [-0.1, -0.05) is 13.8 Å². The number of hydrogen-bond acceptors (Lipinski definition) is 1. The highest BCUT2D eigenvalue weighted by molar-refractivity contribution is 5.10. The predicted octanol–water partition coefficient (Wildman–Crippen LogP) is 1.81. The van der Waals surface area contributed by atoms with Crippen LogP contribution in [0.2, 0.25) is 0 Å². The van der Waals surface area contributed by atoms with Gasteiger partial charge in [0.1, 0.15) is 5.82 Å². The second-order valence-corrected chi connectivity index (χ2v) is 3.04. The molecule has 1 aromatic heterocycles. The third kappa shape index (κ3) is 1.80. The fourth-order valence-electron chi connectivity index (χ4n) is 0.936. The first-order chi connectivity index (χ1) is 5.11. The van der Waals surface area contributed by atoms with E-state index in [2.05, 4.69) is 4.98 Å². The van der Waals surface area contributed by atoms with Gasteiger partial charge in [0.15, 0.2) is 0 Å². The molecule has 1 heterocycles. The van der Waals surface area contributed by atoms with Gasteiger partial charge < -0.3 is 10.7 Å². The maximum atomic E-state index is 12.5. The van der Waals surface area contributed by atoms with Crippen molar-refractivity contribution in [2.75, 3.05) is 0 Å². The minimum absolute atomic E-state index is 0.0977. The molecule has 62 valence electrons. The third-order valence-corrected chi connectivity index (χ3v) is 1.75. The molecule has 1 rings (SSSR count). The van der Waals surface area contributed by atoms with E-state index in [-0.39, 0.29) is 11.9 Å². The standard InChI is InChI=1S/C8H13FN2/c1-5(2)8(10)7-3-6(9)4-11-7/h3-5,8,11H,10H2,1-2H3/t8-/m0/s1. The smallest absolute Gasteiger partial charge is 0.140 e. The number of aromatic amines is 1. The van der Waals surface area contributed by atoms with Crippen molar-refractivity contribution in [3.8, 4) is 0 Å². The van der Waals surface area contributed by atoms with E-state index in [1.165, 1.54) is 12.3 Å². The van der Waals surface area contributed by atoms with Gasteiger partial charge in [-0.3, -0.25) is 0 Å². The normalized spacial score (nSPS) is 13.9. The second-order valence-electron chi connectivity index (χ2n) is 3.04. The summed E-state index contributed by atoms with van der Waals surface area (Å²) in [5.74, 6) is 0.0733. The van der Waals surface area contributed by atoms with Crippen LogP contribution in [0.15, 0.2) is 12.3 Å². The molecule has 0 amide bonds. The molecule has 0 saturated carbocycles. The van der Waals surface area contributed by atoms with Crippen LogP contribution in [0.1, 0.15) is 25.6 Å². The summed E-state index contributed by atoms with van der Waals surface area (Å²) in [6.45, 7) is 4.01. The van der Waals surface area contributed by atoms with Crippen molar-refractivity contribution < 1.29 is 4.39 Å². The van der Waals surface area contributed by atoms with E-state index in [4.69, 9.17) is 5.73 Å². The minimum Gasteiger partial charge on any atom is -0.361 e. The number of nitrogens with one attached hydrogen (secondary N) is 1. The van der Waals surface area contributed by atoms with Crippen LogP contribution in [0.5, 0.6) is 0 Å². The van der Waals surface area contributed by atoms with Crippen LogP contribution < -0.4 is 5.73 Å². The van der Waals surface area contributed by atoms with Gasteiger partial charge >= 0.3 is 0 Å². The topological polar surface area (TPSA) is 41.8 Å². The van der Waals surface area contributed by atoms with Gasteiger partial charge in [-0.2, -0.15) is 0 Å². The van der Waals surface area contributed by atoms with Crippen molar-refractivity contribution in [1.29, 1.82) is 0 Å². The Balaban J connectivity index is 2.76. The SMILES string of the molecule is CC(C)[C@H](N)c1cc(F)c[nH]1. The average Bonchev–Trinajstić information content (AvgIpc) is 2.34. The summed E-state index contributed by atoms with van der Waals surface area (Å²) < 4.78 is 12.5. The molecule has 0 bridgehead atoms. The lowest BCUT2D eigenvalue weighted by Crippen LogP contribution is -2.16. The summed E-state index contributed by atoms with van der Waals surface area (Å²) >= 11 is 0. The van der Waals surface area contributed by atoms with Crippen LogP contribution in [-0.2, 0) is 0 Å². The van der Waals surface area contributed by atoms with E-state index in [1.807, 2.05) is 13.8 Å². The van der Waals surface area contributed by atoms with Crippen molar-refractivity contribution >= 4 is 0 Å². The predicted molar refractivity (Wildman–Crippen MR) is 42.5 cm³/mol. The summed E-state index contributed by atoms with van der Waals surface area (Å²) in [5, 5.41) is 0. The molecule has 3 N–H and O–H groups in total. The highest BCUT2D eigenvalue weighted by atomic mass is 19.1. The summed E-state index contributed by atoms with van der Waals surface area (Å²) in [6, 6.07) is 1.34. The van der Waals surface area contributed by atoms with Crippen molar-refractivity contribution in [3.63, 3.8) is 0 Å². The molecule has 0 aromatic carbocycles. The fraction of sp³-hybridized carbons (Fsp3) is 0.500. The molecule has 2 nitrogen and oxygen atoms in total. The van der Waals surface area contributed by atoms with Crippen molar-refractivity contribution in [2.45, 2.75) is 19.9 Å². The van der Waals surface area contributed by atoms with Crippen LogP contribution in [0.4, 0.5) is 4.39 Å². The van der Waals surface area contributed by atoms with E-state index < -0.39 is 0 Å². The lowest BCUT2D eigenvalue weighted by atomic mass is 10.0. The molecule has 11 heavy (non-hydrogen) atoms. The first-order valence-electron chi connectivity index (χ1n) is 3.70. The third-order valence-electron chi connectivity index (χ3n) is 1.75. The lowest BCUT2D eigenvalue weighted by molar-refractivity contribution is 0.504. The Hall–Kier alpha value is -0.830. The first kappa shape index (κ1) is 8.27. The van der Waals surface area contributed by atoms with Gasteiger partial charge in [-0.15, -0.1) is 0 Å². The molecule has 0 radical (unpaired) electrons. The van der Waals surface area contributed by atoms with Gasteiger partial charge in [0.25, 0.3) is 0 Å². The summed E-state index contributed by atoms with van der Waals surface area (Å²) in [4.78, 5) is 2.79. The number of halogens is 1. The van der Waals surface area contributed by atoms with Gasteiger partial charge in [-0.25, -0.2) is 4.39 Å². The quantitative estimate of drug-likeness (QED) is 0.673.